The van der Waals surface area contributed by atoms with Gasteiger partial charge in [0, 0.05) is 18.9 Å². The Bertz CT molecular complexity index is 795. The number of anilines is 1. The van der Waals surface area contributed by atoms with Crippen LogP contribution in [0.1, 0.15) is 12.7 Å². The number of nitrogens with one attached hydrogen (secondary N) is 1. The maximum Gasteiger partial charge on any atom is 0.347 e. The van der Waals surface area contributed by atoms with Gasteiger partial charge in [-0.15, -0.1) is 11.3 Å². The van der Waals surface area contributed by atoms with Crippen LogP contribution in [0.3, 0.4) is 0 Å². The van der Waals surface area contributed by atoms with E-state index in [1.807, 2.05) is 18.4 Å². The third-order valence-electron chi connectivity index (χ3n) is 2.81. The number of rotatable bonds is 4. The predicted octanol–water partition coefficient (Wildman–Crippen LogP) is 1.73. The summed E-state index contributed by atoms with van der Waals surface area (Å²) in [4.78, 5) is 25.3. The Morgan fingerprint density at radius 1 is 1.40 bits per heavy atom. The normalized spacial score (nSPS) is 10.8. The summed E-state index contributed by atoms with van der Waals surface area (Å²) >= 11 is 1.56. The van der Waals surface area contributed by atoms with E-state index in [2.05, 4.69) is 20.3 Å². The van der Waals surface area contributed by atoms with Crippen molar-refractivity contribution in [2.45, 2.75) is 13.5 Å². The van der Waals surface area contributed by atoms with Crippen LogP contribution >= 0.6 is 11.3 Å². The van der Waals surface area contributed by atoms with Gasteiger partial charge in [0.2, 0.25) is 0 Å². The summed E-state index contributed by atoms with van der Waals surface area (Å²) in [6.07, 6.45) is 3.16. The molecule has 6 nitrogen and oxygen atoms in total. The van der Waals surface area contributed by atoms with E-state index in [1.165, 1.54) is 10.8 Å². The van der Waals surface area contributed by atoms with Gasteiger partial charge in [-0.25, -0.2) is 19.7 Å². The topological polar surface area (TPSA) is 72.7 Å². The first kappa shape index (κ1) is 12.7. The minimum atomic E-state index is -0.299. The van der Waals surface area contributed by atoms with Gasteiger partial charge >= 0.3 is 5.69 Å². The van der Waals surface area contributed by atoms with Crippen LogP contribution in [-0.4, -0.2) is 26.1 Å². The highest BCUT2D eigenvalue weighted by Crippen LogP contribution is 2.25. The largest absolute Gasteiger partial charge is 0.370 e. The lowest BCUT2D eigenvalue weighted by Gasteiger charge is -2.08. The first-order valence-electron chi connectivity index (χ1n) is 6.27. The van der Waals surface area contributed by atoms with E-state index in [0.29, 0.717) is 12.4 Å². The van der Waals surface area contributed by atoms with Crippen LogP contribution in [0.25, 0.3) is 10.2 Å². The number of hydrogen-bond donors (Lipinski definition) is 1. The molecule has 0 spiro atoms. The lowest BCUT2D eigenvalue weighted by molar-refractivity contribution is 0.694. The van der Waals surface area contributed by atoms with E-state index in [9.17, 15) is 4.79 Å². The lowest BCUT2D eigenvalue weighted by atomic mass is 10.3. The molecule has 0 saturated carbocycles. The van der Waals surface area contributed by atoms with E-state index in [1.54, 1.807) is 23.6 Å². The molecule has 0 atom stereocenters. The highest BCUT2D eigenvalue weighted by atomic mass is 32.1. The van der Waals surface area contributed by atoms with Crippen molar-refractivity contribution in [3.8, 4) is 0 Å². The van der Waals surface area contributed by atoms with Crippen molar-refractivity contribution in [3.63, 3.8) is 0 Å². The fourth-order valence-electron chi connectivity index (χ4n) is 1.93. The van der Waals surface area contributed by atoms with Gasteiger partial charge in [-0.1, -0.05) is 0 Å². The van der Waals surface area contributed by atoms with Crippen LogP contribution in [0.15, 0.2) is 34.7 Å². The van der Waals surface area contributed by atoms with Gasteiger partial charge in [-0.05, 0) is 24.4 Å². The Balaban J connectivity index is 2.03. The third kappa shape index (κ3) is 2.39. The van der Waals surface area contributed by atoms with Crippen LogP contribution in [0, 0.1) is 0 Å². The molecule has 0 fully saturated rings. The van der Waals surface area contributed by atoms with Crippen molar-refractivity contribution < 1.29 is 0 Å². The summed E-state index contributed by atoms with van der Waals surface area (Å²) in [6, 6.07) is 3.72. The molecule has 1 N–H and O–H groups in total. The van der Waals surface area contributed by atoms with Gasteiger partial charge in [0.15, 0.2) is 5.82 Å². The third-order valence-corrected chi connectivity index (χ3v) is 3.62. The molecule has 0 amide bonds. The second-order valence-corrected chi connectivity index (χ2v) is 5.08. The highest BCUT2D eigenvalue weighted by molar-refractivity contribution is 7.16. The Kier molecular flexibility index (Phi) is 3.42. The molecule has 7 heteroatoms. The van der Waals surface area contributed by atoms with E-state index < -0.39 is 0 Å². The molecule has 3 rings (SSSR count). The Hall–Kier alpha value is -2.28. The molecule has 0 radical (unpaired) electrons. The Labute approximate surface area is 119 Å². The Morgan fingerprint density at radius 3 is 3.10 bits per heavy atom. The van der Waals surface area contributed by atoms with Crippen molar-refractivity contribution in [2.75, 3.05) is 11.9 Å². The summed E-state index contributed by atoms with van der Waals surface area (Å²) in [5, 5.41) is 6.23. The molecule has 0 aromatic carbocycles. The fourth-order valence-corrected chi connectivity index (χ4v) is 2.72. The molecule has 102 valence electrons. The molecule has 0 saturated heterocycles. The minimum absolute atomic E-state index is 0.299. The van der Waals surface area contributed by atoms with Crippen LogP contribution in [0.2, 0.25) is 0 Å². The smallest absolute Gasteiger partial charge is 0.347 e. The molecular weight excluding hydrogens is 274 g/mol. The number of aromatic nitrogens is 4. The molecule has 20 heavy (non-hydrogen) atoms. The lowest BCUT2D eigenvalue weighted by Crippen LogP contribution is -2.23. The van der Waals surface area contributed by atoms with Gasteiger partial charge in [-0.3, -0.25) is 4.57 Å². The van der Waals surface area contributed by atoms with Crippen molar-refractivity contribution in [2.24, 2.45) is 0 Å². The quantitative estimate of drug-likeness (QED) is 0.791. The molecule has 0 aliphatic rings. The van der Waals surface area contributed by atoms with Crippen LogP contribution in [0.5, 0.6) is 0 Å². The molecule has 3 heterocycles. The van der Waals surface area contributed by atoms with Gasteiger partial charge < -0.3 is 5.32 Å². The highest BCUT2D eigenvalue weighted by Gasteiger charge is 2.09. The number of fused-ring (bicyclic) bond motifs is 1. The zero-order chi connectivity index (χ0) is 13.9. The summed E-state index contributed by atoms with van der Waals surface area (Å²) < 4.78 is 1.49. The Morgan fingerprint density at radius 2 is 2.30 bits per heavy atom. The van der Waals surface area contributed by atoms with Gasteiger partial charge in [0.25, 0.3) is 0 Å². The summed E-state index contributed by atoms with van der Waals surface area (Å²) in [5.74, 6) is 1.41. The van der Waals surface area contributed by atoms with E-state index in [4.69, 9.17) is 0 Å². The zero-order valence-corrected chi connectivity index (χ0v) is 11.7. The fraction of sp³-hybridized carbons (Fsp3) is 0.231. The van der Waals surface area contributed by atoms with Crippen LogP contribution in [0.4, 0.5) is 5.82 Å². The van der Waals surface area contributed by atoms with Crippen molar-refractivity contribution in [1.29, 1.82) is 0 Å². The monoisotopic (exact) mass is 287 g/mol. The van der Waals surface area contributed by atoms with Gasteiger partial charge in [0.05, 0.1) is 11.9 Å². The van der Waals surface area contributed by atoms with E-state index in [-0.39, 0.29) is 5.69 Å². The second-order valence-electron chi connectivity index (χ2n) is 4.19. The first-order chi connectivity index (χ1) is 9.78. The number of thiophene rings is 1. The number of hydrogen-bond acceptors (Lipinski definition) is 6. The van der Waals surface area contributed by atoms with Crippen molar-refractivity contribution in [3.05, 3.63) is 46.2 Å². The van der Waals surface area contributed by atoms with Gasteiger partial charge in [-0.2, -0.15) is 0 Å². The maximum absolute atomic E-state index is 11.6. The summed E-state index contributed by atoms with van der Waals surface area (Å²) in [5.41, 5.74) is -0.299. The summed E-state index contributed by atoms with van der Waals surface area (Å²) in [7, 11) is 0. The van der Waals surface area contributed by atoms with Crippen molar-refractivity contribution >= 4 is 27.4 Å². The SMILES string of the molecule is CCNc1nc(Cn2cccnc2=O)nc2sccc12. The first-order valence-corrected chi connectivity index (χ1v) is 7.15. The predicted molar refractivity (Wildman–Crippen MR) is 79.2 cm³/mol. The molecule has 3 aromatic heterocycles. The zero-order valence-electron chi connectivity index (χ0n) is 10.9. The molecule has 3 aromatic rings. The molecule has 0 bridgehead atoms. The van der Waals surface area contributed by atoms with Gasteiger partial charge in [0.1, 0.15) is 10.6 Å². The van der Waals surface area contributed by atoms with E-state index >= 15 is 0 Å². The molecule has 0 aliphatic heterocycles. The maximum atomic E-state index is 11.6. The van der Waals surface area contributed by atoms with Crippen LogP contribution < -0.4 is 11.0 Å². The number of nitrogens with zero attached hydrogens (tertiary/aromatic N) is 4. The average Bonchev–Trinajstić information content (AvgIpc) is 2.90. The molecular formula is C13H13N5OS. The minimum Gasteiger partial charge on any atom is -0.370 e. The molecule has 0 unspecified atom stereocenters. The van der Waals surface area contributed by atoms with Crippen molar-refractivity contribution in [1.82, 2.24) is 19.5 Å². The standard InChI is InChI=1S/C13H13N5OS/c1-2-14-11-9-4-7-20-12(9)17-10(16-11)8-18-6-3-5-15-13(18)19/h3-7H,2,8H2,1H3,(H,14,16,17). The second kappa shape index (κ2) is 5.38. The van der Waals surface area contributed by atoms with E-state index in [0.717, 1.165) is 22.6 Å². The molecule has 0 aliphatic carbocycles. The average molecular weight is 287 g/mol. The van der Waals surface area contributed by atoms with Crippen LogP contribution in [-0.2, 0) is 6.54 Å². The summed E-state index contributed by atoms with van der Waals surface area (Å²) in [6.45, 7) is 3.12.